The Balaban J connectivity index is 1.64. The zero-order valence-corrected chi connectivity index (χ0v) is 17.4. The van der Waals surface area contributed by atoms with Gasteiger partial charge >= 0.3 is 0 Å². The Labute approximate surface area is 170 Å². The maximum atomic E-state index is 12.5. The van der Waals surface area contributed by atoms with Crippen molar-refractivity contribution in [2.75, 3.05) is 19.9 Å². The van der Waals surface area contributed by atoms with Crippen LogP contribution in [-0.2, 0) is 11.3 Å². The van der Waals surface area contributed by atoms with Gasteiger partial charge < -0.3 is 9.64 Å². The summed E-state index contributed by atoms with van der Waals surface area (Å²) < 4.78 is 8.10. The highest BCUT2D eigenvalue weighted by atomic mass is 79.9. The molecular formula is C19H19BrN4O2S. The lowest BCUT2D eigenvalue weighted by atomic mass is 10.2. The number of methoxy groups -OCH3 is 1. The SMILES string of the molecule is COc1cccc(-n2cnnc2SCC(=O)N(C)Cc2ccccc2Br)c1. The molecule has 6 nitrogen and oxygen atoms in total. The summed E-state index contributed by atoms with van der Waals surface area (Å²) in [4.78, 5) is 14.2. The van der Waals surface area contributed by atoms with Gasteiger partial charge in [0, 0.05) is 24.1 Å². The van der Waals surface area contributed by atoms with E-state index in [0.29, 0.717) is 11.7 Å². The number of benzene rings is 2. The molecule has 1 amide bonds. The van der Waals surface area contributed by atoms with Gasteiger partial charge in [-0.1, -0.05) is 52.0 Å². The van der Waals surface area contributed by atoms with E-state index in [-0.39, 0.29) is 11.7 Å². The first kappa shape index (κ1) is 19.4. The molecule has 0 aliphatic heterocycles. The Bertz CT molecular complexity index is 931. The molecule has 27 heavy (non-hydrogen) atoms. The number of amides is 1. The van der Waals surface area contributed by atoms with Crippen LogP contribution in [0.5, 0.6) is 5.75 Å². The molecule has 0 saturated heterocycles. The van der Waals surface area contributed by atoms with Gasteiger partial charge in [0.25, 0.3) is 0 Å². The number of halogens is 1. The van der Waals surface area contributed by atoms with E-state index in [2.05, 4.69) is 26.1 Å². The number of rotatable bonds is 7. The van der Waals surface area contributed by atoms with Gasteiger partial charge in [-0.2, -0.15) is 0 Å². The molecule has 0 spiro atoms. The second-order valence-corrected chi connectivity index (χ2v) is 7.61. The van der Waals surface area contributed by atoms with Crippen LogP contribution in [0.15, 0.2) is 64.5 Å². The number of thioether (sulfide) groups is 1. The normalized spacial score (nSPS) is 10.6. The molecule has 140 valence electrons. The number of carbonyl (C=O) groups excluding carboxylic acids is 1. The smallest absolute Gasteiger partial charge is 0.233 e. The first-order valence-corrected chi connectivity index (χ1v) is 10.0. The van der Waals surface area contributed by atoms with Crippen molar-refractivity contribution in [3.63, 3.8) is 0 Å². The van der Waals surface area contributed by atoms with Gasteiger partial charge in [0.1, 0.15) is 12.1 Å². The summed E-state index contributed by atoms with van der Waals surface area (Å²) in [6, 6.07) is 15.5. The third kappa shape index (κ3) is 4.90. The van der Waals surface area contributed by atoms with Gasteiger partial charge in [0.15, 0.2) is 5.16 Å². The minimum Gasteiger partial charge on any atom is -0.497 e. The first-order chi connectivity index (χ1) is 13.1. The molecule has 0 saturated carbocycles. The molecule has 1 heterocycles. The number of hydrogen-bond donors (Lipinski definition) is 0. The fourth-order valence-corrected chi connectivity index (χ4v) is 3.75. The number of carbonyl (C=O) groups is 1. The fraction of sp³-hybridized carbons (Fsp3) is 0.211. The number of ether oxygens (including phenoxy) is 1. The van der Waals surface area contributed by atoms with E-state index in [1.54, 1.807) is 25.4 Å². The lowest BCUT2D eigenvalue weighted by Crippen LogP contribution is -2.28. The molecule has 0 aliphatic rings. The molecule has 3 rings (SSSR count). The van der Waals surface area contributed by atoms with E-state index in [1.165, 1.54) is 11.8 Å². The molecule has 8 heteroatoms. The summed E-state index contributed by atoms with van der Waals surface area (Å²) in [6.45, 7) is 0.545. The van der Waals surface area contributed by atoms with E-state index < -0.39 is 0 Å². The third-order valence-electron chi connectivity index (χ3n) is 3.96. The molecule has 0 atom stereocenters. The van der Waals surface area contributed by atoms with Gasteiger partial charge in [-0.15, -0.1) is 10.2 Å². The highest BCUT2D eigenvalue weighted by Gasteiger charge is 2.14. The van der Waals surface area contributed by atoms with Crippen molar-refractivity contribution in [3.05, 3.63) is 64.9 Å². The van der Waals surface area contributed by atoms with Crippen LogP contribution in [0.3, 0.4) is 0 Å². The minimum atomic E-state index is 0.0240. The van der Waals surface area contributed by atoms with Gasteiger partial charge in [-0.25, -0.2) is 0 Å². The summed E-state index contributed by atoms with van der Waals surface area (Å²) in [6.07, 6.45) is 1.63. The first-order valence-electron chi connectivity index (χ1n) is 8.23. The predicted molar refractivity (Wildman–Crippen MR) is 109 cm³/mol. The van der Waals surface area contributed by atoms with Crippen molar-refractivity contribution in [1.82, 2.24) is 19.7 Å². The zero-order chi connectivity index (χ0) is 19.2. The van der Waals surface area contributed by atoms with E-state index in [1.807, 2.05) is 53.1 Å². The van der Waals surface area contributed by atoms with Crippen molar-refractivity contribution >= 4 is 33.6 Å². The van der Waals surface area contributed by atoms with Crippen molar-refractivity contribution in [2.45, 2.75) is 11.7 Å². The summed E-state index contributed by atoms with van der Waals surface area (Å²) in [5, 5.41) is 8.77. The third-order valence-corrected chi connectivity index (χ3v) is 5.67. The maximum absolute atomic E-state index is 12.5. The van der Waals surface area contributed by atoms with Gasteiger partial charge in [0.05, 0.1) is 18.6 Å². The molecule has 0 aliphatic carbocycles. The van der Waals surface area contributed by atoms with Crippen LogP contribution in [0.1, 0.15) is 5.56 Å². The van der Waals surface area contributed by atoms with Gasteiger partial charge in [0.2, 0.25) is 5.91 Å². The quantitative estimate of drug-likeness (QED) is 0.516. The van der Waals surface area contributed by atoms with Gasteiger partial charge in [-0.3, -0.25) is 9.36 Å². The summed E-state index contributed by atoms with van der Waals surface area (Å²) in [5.41, 5.74) is 1.95. The minimum absolute atomic E-state index is 0.0240. The Morgan fingerprint density at radius 1 is 1.26 bits per heavy atom. The lowest BCUT2D eigenvalue weighted by Gasteiger charge is -2.18. The Hall–Kier alpha value is -2.32. The maximum Gasteiger partial charge on any atom is 0.233 e. The zero-order valence-electron chi connectivity index (χ0n) is 15.0. The van der Waals surface area contributed by atoms with E-state index >= 15 is 0 Å². The van der Waals surface area contributed by atoms with Crippen LogP contribution in [-0.4, -0.2) is 45.5 Å². The van der Waals surface area contributed by atoms with Crippen LogP contribution >= 0.6 is 27.7 Å². The molecule has 0 unspecified atom stereocenters. The predicted octanol–water partition coefficient (Wildman–Crippen LogP) is 3.79. The van der Waals surface area contributed by atoms with Crippen LogP contribution in [0.4, 0.5) is 0 Å². The van der Waals surface area contributed by atoms with Crippen molar-refractivity contribution in [3.8, 4) is 11.4 Å². The van der Waals surface area contributed by atoms with Crippen molar-refractivity contribution in [1.29, 1.82) is 0 Å². The average Bonchev–Trinajstić information content (AvgIpc) is 3.16. The van der Waals surface area contributed by atoms with Crippen molar-refractivity contribution < 1.29 is 9.53 Å². The number of aromatic nitrogens is 3. The summed E-state index contributed by atoms with van der Waals surface area (Å²) in [7, 11) is 3.43. The fourth-order valence-electron chi connectivity index (χ4n) is 2.47. The van der Waals surface area contributed by atoms with Crippen LogP contribution in [0.25, 0.3) is 5.69 Å². The highest BCUT2D eigenvalue weighted by Crippen LogP contribution is 2.23. The van der Waals surface area contributed by atoms with Gasteiger partial charge in [-0.05, 0) is 23.8 Å². The molecule has 3 aromatic rings. The van der Waals surface area contributed by atoms with E-state index in [0.717, 1.165) is 21.5 Å². The molecule has 0 fully saturated rings. The Kier molecular flexibility index (Phi) is 6.52. The molecule has 0 radical (unpaired) electrons. The summed E-state index contributed by atoms with van der Waals surface area (Å²) >= 11 is 4.88. The number of hydrogen-bond acceptors (Lipinski definition) is 5. The van der Waals surface area contributed by atoms with Crippen LogP contribution < -0.4 is 4.74 Å². The second-order valence-electron chi connectivity index (χ2n) is 5.81. The molecule has 1 aromatic heterocycles. The Morgan fingerprint density at radius 2 is 2.07 bits per heavy atom. The largest absolute Gasteiger partial charge is 0.497 e. The van der Waals surface area contributed by atoms with Crippen molar-refractivity contribution in [2.24, 2.45) is 0 Å². The molecular weight excluding hydrogens is 428 g/mol. The lowest BCUT2D eigenvalue weighted by molar-refractivity contribution is -0.127. The average molecular weight is 447 g/mol. The molecule has 0 N–H and O–H groups in total. The second kappa shape index (κ2) is 9.05. The van der Waals surface area contributed by atoms with Crippen LogP contribution in [0.2, 0.25) is 0 Å². The van der Waals surface area contributed by atoms with E-state index in [4.69, 9.17) is 4.74 Å². The monoisotopic (exact) mass is 446 g/mol. The molecule has 2 aromatic carbocycles. The molecule has 0 bridgehead atoms. The standard InChI is InChI=1S/C19H19BrN4O2S/c1-23(11-14-6-3-4-9-17(14)20)18(25)12-27-19-22-21-13-24(19)15-7-5-8-16(10-15)26-2/h3-10,13H,11-12H2,1-2H3. The topological polar surface area (TPSA) is 60.2 Å². The highest BCUT2D eigenvalue weighted by molar-refractivity contribution is 9.10. The van der Waals surface area contributed by atoms with E-state index in [9.17, 15) is 4.79 Å². The number of nitrogens with zero attached hydrogens (tertiary/aromatic N) is 4. The Morgan fingerprint density at radius 3 is 2.85 bits per heavy atom. The van der Waals surface area contributed by atoms with Crippen LogP contribution in [0, 0.1) is 0 Å². The summed E-state index contributed by atoms with van der Waals surface area (Å²) in [5.74, 6) is 1.06.